The fourth-order valence-corrected chi connectivity index (χ4v) is 3.31. The molecule has 0 spiro atoms. The number of anilines is 1. The van der Waals surface area contributed by atoms with Crippen molar-refractivity contribution in [3.8, 4) is 0 Å². The van der Waals surface area contributed by atoms with E-state index in [1.165, 1.54) is 19.1 Å². The van der Waals surface area contributed by atoms with E-state index in [1.54, 1.807) is 31.2 Å². The van der Waals surface area contributed by atoms with Crippen LogP contribution in [0.15, 0.2) is 24.3 Å². The van der Waals surface area contributed by atoms with Gasteiger partial charge in [0.2, 0.25) is 0 Å². The number of esters is 2. The summed E-state index contributed by atoms with van der Waals surface area (Å²) in [6, 6.07) is 7.02. The zero-order valence-corrected chi connectivity index (χ0v) is 12.4. The number of fused-ring (bicyclic) bond motifs is 3. The van der Waals surface area contributed by atoms with Crippen LogP contribution in [0.5, 0.6) is 0 Å². The van der Waals surface area contributed by atoms with Crippen molar-refractivity contribution >= 4 is 23.7 Å². The molecule has 1 saturated heterocycles. The van der Waals surface area contributed by atoms with E-state index < -0.39 is 35.6 Å². The fraction of sp³-hybridized carbons (Fsp3) is 0.400. The van der Waals surface area contributed by atoms with Crippen LogP contribution in [0.4, 0.5) is 10.5 Å². The van der Waals surface area contributed by atoms with Crippen molar-refractivity contribution in [2.45, 2.75) is 18.6 Å². The highest BCUT2D eigenvalue weighted by atomic mass is 16.6. The third-order valence-electron chi connectivity index (χ3n) is 4.36. The maximum atomic E-state index is 12.2. The summed E-state index contributed by atoms with van der Waals surface area (Å²) < 4.78 is 14.8. The second kappa shape index (κ2) is 4.72. The number of para-hydroxylation sites is 1. The van der Waals surface area contributed by atoms with Gasteiger partial charge in [-0.25, -0.2) is 9.69 Å². The number of hydrogen-bond donors (Lipinski definition) is 0. The Labute approximate surface area is 126 Å². The van der Waals surface area contributed by atoms with E-state index in [0.717, 1.165) is 0 Å². The smallest absolute Gasteiger partial charge is 0.417 e. The van der Waals surface area contributed by atoms with E-state index in [1.807, 2.05) is 0 Å². The Morgan fingerprint density at radius 2 is 1.91 bits per heavy atom. The van der Waals surface area contributed by atoms with Crippen LogP contribution in [-0.4, -0.2) is 38.5 Å². The van der Waals surface area contributed by atoms with Crippen LogP contribution in [0.3, 0.4) is 0 Å². The minimum absolute atomic E-state index is 0.559. The van der Waals surface area contributed by atoms with Crippen LogP contribution < -0.4 is 4.90 Å². The summed E-state index contributed by atoms with van der Waals surface area (Å²) in [5.41, 5.74) is 0.213. The number of carbonyl (C=O) groups excluding carboxylic acids is 3. The maximum Gasteiger partial charge on any atom is 0.417 e. The van der Waals surface area contributed by atoms with E-state index in [2.05, 4.69) is 0 Å². The SMILES string of the molecule is COC(=O)[C@H]1C(=O)O[C@@H]2N(C(=O)OC)c3ccccc3[C@]12C. The van der Waals surface area contributed by atoms with Gasteiger partial charge in [-0.1, -0.05) is 18.2 Å². The lowest BCUT2D eigenvalue weighted by Crippen LogP contribution is -2.47. The highest BCUT2D eigenvalue weighted by Crippen LogP contribution is 2.54. The highest BCUT2D eigenvalue weighted by Gasteiger charge is 2.66. The van der Waals surface area contributed by atoms with Crippen molar-refractivity contribution in [1.82, 2.24) is 0 Å². The first kappa shape index (κ1) is 14.4. The summed E-state index contributed by atoms with van der Waals surface area (Å²) in [7, 11) is 2.46. The largest absolute Gasteiger partial charge is 0.468 e. The number of hydrogen-bond acceptors (Lipinski definition) is 6. The highest BCUT2D eigenvalue weighted by molar-refractivity contribution is 6.03. The van der Waals surface area contributed by atoms with Gasteiger partial charge in [0.15, 0.2) is 12.1 Å². The zero-order chi connectivity index (χ0) is 16.1. The van der Waals surface area contributed by atoms with Gasteiger partial charge >= 0.3 is 18.0 Å². The van der Waals surface area contributed by atoms with Crippen molar-refractivity contribution in [3.05, 3.63) is 29.8 Å². The molecule has 7 heteroatoms. The monoisotopic (exact) mass is 305 g/mol. The lowest BCUT2D eigenvalue weighted by atomic mass is 9.73. The standard InChI is InChI=1S/C15H15NO6/c1-15-8-6-4-5-7-9(8)16(14(19)21-3)13(15)22-12(18)10(15)11(17)20-2/h4-7,10,13H,1-3H3/t10-,13-,15+/m0/s1. The Hall–Kier alpha value is -2.57. The van der Waals surface area contributed by atoms with Gasteiger partial charge in [-0.2, -0.15) is 0 Å². The van der Waals surface area contributed by atoms with Crippen molar-refractivity contribution in [3.63, 3.8) is 0 Å². The number of amides is 1. The molecule has 1 fully saturated rings. The number of nitrogens with zero attached hydrogens (tertiary/aromatic N) is 1. The molecule has 3 atom stereocenters. The van der Waals surface area contributed by atoms with Crippen LogP contribution in [0.1, 0.15) is 12.5 Å². The summed E-state index contributed by atoms with van der Waals surface area (Å²) in [5.74, 6) is -2.52. The summed E-state index contributed by atoms with van der Waals surface area (Å²) >= 11 is 0. The minimum atomic E-state index is -1.13. The summed E-state index contributed by atoms with van der Waals surface area (Å²) in [6.45, 7) is 1.71. The lowest BCUT2D eigenvalue weighted by molar-refractivity contribution is -0.155. The second-order valence-corrected chi connectivity index (χ2v) is 5.39. The summed E-state index contributed by atoms with van der Waals surface area (Å²) in [6.07, 6.45) is -1.59. The molecule has 1 aromatic carbocycles. The van der Waals surface area contributed by atoms with Crippen LogP contribution >= 0.6 is 0 Å². The van der Waals surface area contributed by atoms with Gasteiger partial charge in [0.1, 0.15) is 0 Å². The van der Waals surface area contributed by atoms with Crippen LogP contribution in [-0.2, 0) is 29.2 Å². The number of benzene rings is 1. The molecule has 22 heavy (non-hydrogen) atoms. The number of rotatable bonds is 1. The molecule has 7 nitrogen and oxygen atoms in total. The topological polar surface area (TPSA) is 82.1 Å². The molecule has 0 radical (unpaired) electrons. The molecule has 2 aliphatic heterocycles. The first-order chi connectivity index (χ1) is 10.5. The summed E-state index contributed by atoms with van der Waals surface area (Å²) in [4.78, 5) is 37.6. The van der Waals surface area contributed by atoms with Crippen LogP contribution in [0.25, 0.3) is 0 Å². The van der Waals surface area contributed by atoms with Gasteiger partial charge < -0.3 is 14.2 Å². The molecule has 0 N–H and O–H groups in total. The minimum Gasteiger partial charge on any atom is -0.468 e. The van der Waals surface area contributed by atoms with Gasteiger partial charge in [0, 0.05) is 0 Å². The average Bonchev–Trinajstić information content (AvgIpc) is 2.92. The molecule has 3 rings (SSSR count). The number of ether oxygens (including phenoxy) is 3. The Bertz CT molecular complexity index is 672. The molecule has 0 bridgehead atoms. The third kappa shape index (κ3) is 1.59. The predicted molar refractivity (Wildman–Crippen MR) is 74.1 cm³/mol. The molecule has 0 unspecified atom stereocenters. The molecule has 1 amide bonds. The number of carbonyl (C=O) groups is 3. The normalized spacial score (nSPS) is 28.7. The lowest BCUT2D eigenvalue weighted by Gasteiger charge is -2.27. The quantitative estimate of drug-likeness (QED) is 0.440. The molecule has 2 aliphatic rings. The molecule has 0 aromatic heterocycles. The van der Waals surface area contributed by atoms with E-state index >= 15 is 0 Å². The zero-order valence-electron chi connectivity index (χ0n) is 12.4. The van der Waals surface area contributed by atoms with Gasteiger partial charge in [0.25, 0.3) is 0 Å². The van der Waals surface area contributed by atoms with Crippen molar-refractivity contribution in [1.29, 1.82) is 0 Å². The first-order valence-electron chi connectivity index (χ1n) is 6.71. The van der Waals surface area contributed by atoms with Gasteiger partial charge in [-0.15, -0.1) is 0 Å². The summed E-state index contributed by atoms with van der Waals surface area (Å²) in [5, 5.41) is 0. The molecule has 0 saturated carbocycles. The second-order valence-electron chi connectivity index (χ2n) is 5.39. The molecule has 0 aliphatic carbocycles. The van der Waals surface area contributed by atoms with E-state index in [9.17, 15) is 14.4 Å². The van der Waals surface area contributed by atoms with Gasteiger partial charge in [-0.3, -0.25) is 9.59 Å². The van der Waals surface area contributed by atoms with Crippen molar-refractivity contribution < 1.29 is 28.6 Å². The molecular formula is C15H15NO6. The maximum absolute atomic E-state index is 12.2. The average molecular weight is 305 g/mol. The van der Waals surface area contributed by atoms with Crippen molar-refractivity contribution in [2.75, 3.05) is 19.1 Å². The Balaban J connectivity index is 2.20. The molecular weight excluding hydrogens is 290 g/mol. The van der Waals surface area contributed by atoms with E-state index in [0.29, 0.717) is 11.3 Å². The third-order valence-corrected chi connectivity index (χ3v) is 4.36. The van der Waals surface area contributed by atoms with Crippen molar-refractivity contribution in [2.24, 2.45) is 5.92 Å². The van der Waals surface area contributed by atoms with E-state index in [-0.39, 0.29) is 0 Å². The molecule has 116 valence electrons. The molecule has 2 heterocycles. The predicted octanol–water partition coefficient (Wildman–Crippen LogP) is 1.20. The first-order valence-corrected chi connectivity index (χ1v) is 6.71. The Morgan fingerprint density at radius 3 is 2.55 bits per heavy atom. The van der Waals surface area contributed by atoms with Crippen LogP contribution in [0, 0.1) is 5.92 Å². The molecule has 1 aromatic rings. The van der Waals surface area contributed by atoms with Crippen LogP contribution in [0.2, 0.25) is 0 Å². The van der Waals surface area contributed by atoms with E-state index in [4.69, 9.17) is 14.2 Å². The van der Waals surface area contributed by atoms with Gasteiger partial charge in [0.05, 0.1) is 25.3 Å². The Morgan fingerprint density at radius 1 is 1.23 bits per heavy atom. The van der Waals surface area contributed by atoms with Gasteiger partial charge in [-0.05, 0) is 18.6 Å². The Kier molecular flexibility index (Phi) is 3.09. The number of methoxy groups -OCH3 is 2. The fourth-order valence-electron chi connectivity index (χ4n) is 3.31.